The molecule has 3 aromatic carbocycles. The predicted octanol–water partition coefficient (Wildman–Crippen LogP) is 4.51. The van der Waals surface area contributed by atoms with E-state index in [-0.39, 0.29) is 16.3 Å². The summed E-state index contributed by atoms with van der Waals surface area (Å²) in [5, 5.41) is 14.2. The molecule has 6 nitrogen and oxygen atoms in total. The summed E-state index contributed by atoms with van der Waals surface area (Å²) in [6.07, 6.45) is -0.0429. The first-order valence-corrected chi connectivity index (χ1v) is 9.95. The predicted molar refractivity (Wildman–Crippen MR) is 118 cm³/mol. The number of hydrogen-bond donors (Lipinski definition) is 2. The van der Waals surface area contributed by atoms with E-state index in [4.69, 9.17) is 16.3 Å². The smallest absolute Gasteiger partial charge is 0.345 e. The van der Waals surface area contributed by atoms with Crippen LogP contribution in [0.5, 0.6) is 5.75 Å². The molecule has 0 heterocycles. The number of ether oxygens (including phenoxy) is 1. The summed E-state index contributed by atoms with van der Waals surface area (Å²) in [4.78, 5) is 24.5. The number of benzene rings is 3. The standard InChI is InChI=1S/C22H16BrClN2O4/c23-16-10-11-19(30-22(29)17-8-4-5-9-18(17)24)15(12-16)13-25-26-21(28)20(27)14-6-2-1-3-7-14/h1-13,20,27H,(H,26,28)/b25-13+. The first-order chi connectivity index (χ1) is 14.5. The van der Waals surface area contributed by atoms with Crippen molar-refractivity contribution in [3.8, 4) is 5.75 Å². The van der Waals surface area contributed by atoms with Gasteiger partial charge in [-0.2, -0.15) is 5.10 Å². The molecule has 1 atom stereocenters. The van der Waals surface area contributed by atoms with Gasteiger partial charge in [-0.25, -0.2) is 10.2 Å². The van der Waals surface area contributed by atoms with Gasteiger partial charge in [-0.05, 0) is 35.9 Å². The molecule has 152 valence electrons. The van der Waals surface area contributed by atoms with Crippen molar-refractivity contribution in [3.63, 3.8) is 0 Å². The van der Waals surface area contributed by atoms with Crippen molar-refractivity contribution in [1.29, 1.82) is 0 Å². The van der Waals surface area contributed by atoms with Crippen LogP contribution in [0.1, 0.15) is 27.6 Å². The van der Waals surface area contributed by atoms with Gasteiger partial charge in [-0.3, -0.25) is 4.79 Å². The van der Waals surface area contributed by atoms with Crippen LogP contribution in [0.4, 0.5) is 0 Å². The van der Waals surface area contributed by atoms with Crippen molar-refractivity contribution in [1.82, 2.24) is 5.43 Å². The number of amides is 1. The van der Waals surface area contributed by atoms with Crippen LogP contribution < -0.4 is 10.2 Å². The molecule has 0 spiro atoms. The molecule has 0 aliphatic heterocycles. The first kappa shape index (κ1) is 21.7. The Kier molecular flexibility index (Phi) is 7.35. The molecule has 0 aliphatic carbocycles. The lowest BCUT2D eigenvalue weighted by molar-refractivity contribution is -0.129. The average Bonchev–Trinajstić information content (AvgIpc) is 2.75. The Morgan fingerprint density at radius 1 is 1.07 bits per heavy atom. The van der Waals surface area contributed by atoms with E-state index >= 15 is 0 Å². The summed E-state index contributed by atoms with van der Waals surface area (Å²) in [5.41, 5.74) is 3.38. The molecule has 3 aromatic rings. The van der Waals surface area contributed by atoms with Crippen molar-refractivity contribution in [2.24, 2.45) is 5.10 Å². The molecule has 0 aliphatic rings. The number of hydrogen-bond acceptors (Lipinski definition) is 5. The Balaban J connectivity index is 1.73. The molecular weight excluding hydrogens is 472 g/mol. The van der Waals surface area contributed by atoms with Crippen LogP contribution in [0.15, 0.2) is 82.4 Å². The van der Waals surface area contributed by atoms with Gasteiger partial charge in [0.2, 0.25) is 0 Å². The SMILES string of the molecule is O=C(Oc1ccc(Br)cc1/C=N/NC(=O)C(O)c1ccccc1)c1ccccc1Cl. The van der Waals surface area contributed by atoms with Crippen molar-refractivity contribution >= 4 is 45.6 Å². The third-order valence-corrected chi connectivity index (χ3v) is 4.83. The molecule has 1 unspecified atom stereocenters. The van der Waals surface area contributed by atoms with Crippen LogP contribution >= 0.6 is 27.5 Å². The number of esters is 1. The minimum atomic E-state index is -1.36. The number of nitrogens with one attached hydrogen (secondary N) is 1. The number of aliphatic hydroxyl groups is 1. The van der Waals surface area contributed by atoms with Crippen molar-refractivity contribution in [2.75, 3.05) is 0 Å². The molecule has 0 aromatic heterocycles. The summed E-state index contributed by atoms with van der Waals surface area (Å²) in [6.45, 7) is 0. The number of rotatable bonds is 6. The Labute approximate surface area is 186 Å². The zero-order valence-electron chi connectivity index (χ0n) is 15.5. The average molecular weight is 488 g/mol. The highest BCUT2D eigenvalue weighted by Gasteiger charge is 2.17. The molecule has 0 saturated carbocycles. The summed E-state index contributed by atoms with van der Waals surface area (Å²) in [6, 6.07) is 20.0. The van der Waals surface area contributed by atoms with Gasteiger partial charge < -0.3 is 9.84 Å². The van der Waals surface area contributed by atoms with E-state index in [1.54, 1.807) is 72.8 Å². The Hall–Kier alpha value is -3.00. The quantitative estimate of drug-likeness (QED) is 0.232. The maximum absolute atomic E-state index is 12.4. The number of hydrazone groups is 1. The second-order valence-corrected chi connectivity index (χ2v) is 7.42. The molecule has 8 heteroatoms. The summed E-state index contributed by atoms with van der Waals surface area (Å²) >= 11 is 9.39. The highest BCUT2D eigenvalue weighted by molar-refractivity contribution is 9.10. The fourth-order valence-corrected chi connectivity index (χ4v) is 3.10. The molecule has 0 radical (unpaired) electrons. The number of carbonyl (C=O) groups excluding carboxylic acids is 2. The van der Waals surface area contributed by atoms with Crippen molar-refractivity contribution in [2.45, 2.75) is 6.10 Å². The van der Waals surface area contributed by atoms with E-state index in [0.717, 1.165) is 4.47 Å². The molecule has 30 heavy (non-hydrogen) atoms. The van der Waals surface area contributed by atoms with Gasteiger partial charge in [0.1, 0.15) is 5.75 Å². The van der Waals surface area contributed by atoms with Gasteiger partial charge in [0, 0.05) is 10.0 Å². The topological polar surface area (TPSA) is 88.0 Å². The van der Waals surface area contributed by atoms with Crippen LogP contribution in [0, 0.1) is 0 Å². The van der Waals surface area contributed by atoms with Crippen LogP contribution in [0.25, 0.3) is 0 Å². The molecule has 0 saturated heterocycles. The van der Waals surface area contributed by atoms with E-state index in [2.05, 4.69) is 26.5 Å². The van der Waals surface area contributed by atoms with E-state index in [1.807, 2.05) is 0 Å². The molecule has 1 amide bonds. The highest BCUT2D eigenvalue weighted by Crippen LogP contribution is 2.24. The van der Waals surface area contributed by atoms with E-state index in [1.165, 1.54) is 6.21 Å². The molecular formula is C22H16BrClN2O4. The summed E-state index contributed by atoms with van der Waals surface area (Å²) in [7, 11) is 0. The highest BCUT2D eigenvalue weighted by atomic mass is 79.9. The minimum absolute atomic E-state index is 0.226. The maximum atomic E-state index is 12.4. The third kappa shape index (κ3) is 5.54. The van der Waals surface area contributed by atoms with Gasteiger partial charge >= 0.3 is 5.97 Å². The Bertz CT molecular complexity index is 1090. The summed E-state index contributed by atoms with van der Waals surface area (Å²) < 4.78 is 6.16. The number of nitrogens with zero attached hydrogens (tertiary/aromatic N) is 1. The molecule has 0 bridgehead atoms. The van der Waals surface area contributed by atoms with E-state index < -0.39 is 18.0 Å². The molecule has 3 rings (SSSR count). The first-order valence-electron chi connectivity index (χ1n) is 8.78. The number of halogens is 2. The number of aliphatic hydroxyl groups excluding tert-OH is 1. The largest absolute Gasteiger partial charge is 0.422 e. The zero-order valence-corrected chi connectivity index (χ0v) is 17.8. The number of carbonyl (C=O) groups is 2. The Morgan fingerprint density at radius 3 is 2.50 bits per heavy atom. The van der Waals surface area contributed by atoms with Crippen LogP contribution in [-0.2, 0) is 4.79 Å². The monoisotopic (exact) mass is 486 g/mol. The van der Waals surface area contributed by atoms with Crippen molar-refractivity contribution in [3.05, 3.63) is 99.0 Å². The van der Waals surface area contributed by atoms with E-state index in [9.17, 15) is 14.7 Å². The fourth-order valence-electron chi connectivity index (χ4n) is 2.51. The van der Waals surface area contributed by atoms with Crippen LogP contribution in [-0.4, -0.2) is 23.2 Å². The van der Waals surface area contributed by atoms with Crippen molar-refractivity contribution < 1.29 is 19.4 Å². The fraction of sp³-hybridized carbons (Fsp3) is 0.0455. The second-order valence-electron chi connectivity index (χ2n) is 6.10. The summed E-state index contributed by atoms with van der Waals surface area (Å²) in [5.74, 6) is -1.09. The van der Waals surface area contributed by atoms with E-state index in [0.29, 0.717) is 11.1 Å². The van der Waals surface area contributed by atoms with Gasteiger partial charge in [-0.1, -0.05) is 70.0 Å². The lowest BCUT2D eigenvalue weighted by Gasteiger charge is -2.10. The van der Waals surface area contributed by atoms with Gasteiger partial charge in [0.15, 0.2) is 6.10 Å². The van der Waals surface area contributed by atoms with Gasteiger partial charge in [-0.15, -0.1) is 0 Å². The van der Waals surface area contributed by atoms with Crippen LogP contribution in [0.2, 0.25) is 5.02 Å². The maximum Gasteiger partial charge on any atom is 0.345 e. The van der Waals surface area contributed by atoms with Gasteiger partial charge in [0.05, 0.1) is 16.8 Å². The second kappa shape index (κ2) is 10.2. The van der Waals surface area contributed by atoms with Crippen LogP contribution in [0.3, 0.4) is 0 Å². The third-order valence-electron chi connectivity index (χ3n) is 4.01. The normalized spacial score (nSPS) is 11.8. The minimum Gasteiger partial charge on any atom is -0.422 e. The molecule has 0 fully saturated rings. The van der Waals surface area contributed by atoms with Gasteiger partial charge in [0.25, 0.3) is 5.91 Å². The zero-order chi connectivity index (χ0) is 21.5. The molecule has 2 N–H and O–H groups in total. The lowest BCUT2D eigenvalue weighted by Crippen LogP contribution is -2.25. The lowest BCUT2D eigenvalue weighted by atomic mass is 10.1. The Morgan fingerprint density at radius 2 is 1.77 bits per heavy atom.